The SMILES string of the molecule is OCC1=Cc2cc(Cl)ccc2OC1. The van der Waals surface area contributed by atoms with Gasteiger partial charge in [-0.1, -0.05) is 11.6 Å². The molecule has 1 N–H and O–H groups in total. The molecule has 0 atom stereocenters. The first kappa shape index (κ1) is 8.60. The van der Waals surface area contributed by atoms with Gasteiger partial charge in [0.2, 0.25) is 0 Å². The van der Waals surface area contributed by atoms with Crippen LogP contribution >= 0.6 is 11.6 Å². The second kappa shape index (κ2) is 3.40. The summed E-state index contributed by atoms with van der Waals surface area (Å²) in [7, 11) is 0. The fourth-order valence-corrected chi connectivity index (χ4v) is 1.47. The fraction of sp³-hybridized carbons (Fsp3) is 0.200. The quantitative estimate of drug-likeness (QED) is 0.746. The number of benzene rings is 1. The first-order chi connectivity index (χ1) is 6.29. The standard InChI is InChI=1S/C10H9ClO2/c11-9-1-2-10-8(4-9)3-7(5-12)6-13-10/h1-4,12H,5-6H2. The molecular weight excluding hydrogens is 188 g/mol. The molecule has 0 aromatic heterocycles. The van der Waals surface area contributed by atoms with Crippen molar-refractivity contribution in [2.75, 3.05) is 13.2 Å². The van der Waals surface area contributed by atoms with Crippen molar-refractivity contribution in [2.45, 2.75) is 0 Å². The number of hydrogen-bond donors (Lipinski definition) is 1. The Morgan fingerprint density at radius 1 is 1.46 bits per heavy atom. The summed E-state index contributed by atoms with van der Waals surface area (Å²) in [5.41, 5.74) is 1.80. The molecule has 0 unspecified atom stereocenters. The maximum absolute atomic E-state index is 8.90. The third kappa shape index (κ3) is 1.69. The second-order valence-electron chi connectivity index (χ2n) is 2.93. The lowest BCUT2D eigenvalue weighted by molar-refractivity contribution is 0.285. The zero-order chi connectivity index (χ0) is 9.26. The van der Waals surface area contributed by atoms with Gasteiger partial charge in [0.05, 0.1) is 6.61 Å². The number of aliphatic hydroxyl groups is 1. The molecule has 2 nitrogen and oxygen atoms in total. The summed E-state index contributed by atoms with van der Waals surface area (Å²) in [6.45, 7) is 0.497. The smallest absolute Gasteiger partial charge is 0.127 e. The molecule has 0 saturated carbocycles. The van der Waals surface area contributed by atoms with Gasteiger partial charge in [0, 0.05) is 10.6 Å². The Morgan fingerprint density at radius 3 is 3.08 bits per heavy atom. The zero-order valence-electron chi connectivity index (χ0n) is 6.96. The monoisotopic (exact) mass is 196 g/mol. The Labute approximate surface area is 81.4 Å². The molecular formula is C10H9ClO2. The molecule has 1 aromatic rings. The highest BCUT2D eigenvalue weighted by atomic mass is 35.5. The molecule has 0 aliphatic carbocycles. The lowest BCUT2D eigenvalue weighted by Gasteiger charge is -2.16. The van der Waals surface area contributed by atoms with Gasteiger partial charge in [0.25, 0.3) is 0 Å². The van der Waals surface area contributed by atoms with Crippen LogP contribution in [-0.4, -0.2) is 18.3 Å². The highest BCUT2D eigenvalue weighted by Crippen LogP contribution is 2.28. The van der Waals surface area contributed by atoms with Gasteiger partial charge < -0.3 is 9.84 Å². The van der Waals surface area contributed by atoms with Gasteiger partial charge in [-0.25, -0.2) is 0 Å². The molecule has 0 amide bonds. The second-order valence-corrected chi connectivity index (χ2v) is 3.37. The first-order valence-corrected chi connectivity index (χ1v) is 4.40. The van der Waals surface area contributed by atoms with Crippen molar-refractivity contribution < 1.29 is 9.84 Å². The molecule has 0 bridgehead atoms. The summed E-state index contributed by atoms with van der Waals surface area (Å²) in [6.07, 6.45) is 1.91. The molecule has 1 heterocycles. The maximum atomic E-state index is 8.90. The van der Waals surface area contributed by atoms with E-state index in [1.807, 2.05) is 18.2 Å². The van der Waals surface area contributed by atoms with Gasteiger partial charge >= 0.3 is 0 Å². The average Bonchev–Trinajstić information content (AvgIpc) is 2.16. The average molecular weight is 197 g/mol. The van der Waals surface area contributed by atoms with E-state index in [-0.39, 0.29) is 6.61 Å². The number of ether oxygens (including phenoxy) is 1. The normalized spacial score (nSPS) is 14.5. The molecule has 1 aliphatic rings. The molecule has 13 heavy (non-hydrogen) atoms. The Hall–Kier alpha value is -0.990. The lowest BCUT2D eigenvalue weighted by Crippen LogP contribution is -2.09. The third-order valence-corrected chi connectivity index (χ3v) is 2.18. The minimum absolute atomic E-state index is 0.0337. The van der Waals surface area contributed by atoms with E-state index in [4.69, 9.17) is 21.4 Å². The summed E-state index contributed by atoms with van der Waals surface area (Å²) in [5.74, 6) is 0.821. The van der Waals surface area contributed by atoms with Crippen LogP contribution in [0.2, 0.25) is 5.02 Å². The van der Waals surface area contributed by atoms with Crippen LogP contribution in [-0.2, 0) is 0 Å². The van der Waals surface area contributed by atoms with Crippen LogP contribution < -0.4 is 4.74 Å². The van der Waals surface area contributed by atoms with E-state index in [0.29, 0.717) is 11.6 Å². The predicted molar refractivity (Wildman–Crippen MR) is 52.0 cm³/mol. The van der Waals surface area contributed by atoms with Crippen molar-refractivity contribution in [3.8, 4) is 5.75 Å². The number of hydrogen-bond acceptors (Lipinski definition) is 2. The fourth-order valence-electron chi connectivity index (χ4n) is 1.29. The molecule has 2 rings (SSSR count). The topological polar surface area (TPSA) is 29.5 Å². The Morgan fingerprint density at radius 2 is 2.31 bits per heavy atom. The largest absolute Gasteiger partial charge is 0.489 e. The van der Waals surface area contributed by atoms with E-state index < -0.39 is 0 Å². The number of aliphatic hydroxyl groups excluding tert-OH is 1. The molecule has 0 saturated heterocycles. The van der Waals surface area contributed by atoms with E-state index >= 15 is 0 Å². The van der Waals surface area contributed by atoms with Crippen LogP contribution in [0.5, 0.6) is 5.75 Å². The molecule has 1 aliphatic heterocycles. The third-order valence-electron chi connectivity index (χ3n) is 1.95. The summed E-state index contributed by atoms with van der Waals surface area (Å²) >= 11 is 5.82. The van der Waals surface area contributed by atoms with Gasteiger partial charge in [-0.15, -0.1) is 0 Å². The highest BCUT2D eigenvalue weighted by molar-refractivity contribution is 6.30. The van der Waals surface area contributed by atoms with Crippen LogP contribution in [0.1, 0.15) is 5.56 Å². The summed E-state index contributed by atoms with van der Waals surface area (Å²) in [5, 5.41) is 9.58. The van der Waals surface area contributed by atoms with Crippen LogP contribution in [0.3, 0.4) is 0 Å². The van der Waals surface area contributed by atoms with Crippen molar-refractivity contribution >= 4 is 17.7 Å². The zero-order valence-corrected chi connectivity index (χ0v) is 7.71. The molecule has 0 radical (unpaired) electrons. The maximum Gasteiger partial charge on any atom is 0.127 e. The van der Waals surface area contributed by atoms with Gasteiger partial charge in [-0.3, -0.25) is 0 Å². The first-order valence-electron chi connectivity index (χ1n) is 4.02. The predicted octanol–water partition coefficient (Wildman–Crippen LogP) is 2.11. The Bertz CT molecular complexity index is 358. The van der Waals surface area contributed by atoms with Crippen LogP contribution in [0.4, 0.5) is 0 Å². The van der Waals surface area contributed by atoms with Crippen molar-refractivity contribution in [2.24, 2.45) is 0 Å². The minimum Gasteiger partial charge on any atom is -0.489 e. The van der Waals surface area contributed by atoms with Crippen LogP contribution in [0.15, 0.2) is 23.8 Å². The Kier molecular flexibility index (Phi) is 2.25. The molecule has 0 spiro atoms. The molecule has 3 heteroatoms. The van der Waals surface area contributed by atoms with Gasteiger partial charge in [0.15, 0.2) is 0 Å². The van der Waals surface area contributed by atoms with Gasteiger partial charge in [-0.2, -0.15) is 0 Å². The van der Waals surface area contributed by atoms with Gasteiger partial charge in [-0.05, 0) is 29.8 Å². The number of rotatable bonds is 1. The highest BCUT2D eigenvalue weighted by Gasteiger charge is 2.10. The van der Waals surface area contributed by atoms with Crippen LogP contribution in [0, 0.1) is 0 Å². The molecule has 0 fully saturated rings. The summed E-state index contributed by atoms with van der Waals surface area (Å²) < 4.78 is 5.40. The van der Waals surface area contributed by atoms with Crippen molar-refractivity contribution in [1.29, 1.82) is 0 Å². The molecule has 1 aromatic carbocycles. The van der Waals surface area contributed by atoms with E-state index in [1.165, 1.54) is 0 Å². The lowest BCUT2D eigenvalue weighted by atomic mass is 10.1. The van der Waals surface area contributed by atoms with E-state index in [9.17, 15) is 0 Å². The van der Waals surface area contributed by atoms with E-state index in [1.54, 1.807) is 6.07 Å². The minimum atomic E-state index is 0.0337. The number of fused-ring (bicyclic) bond motifs is 1. The van der Waals surface area contributed by atoms with E-state index in [2.05, 4.69) is 0 Å². The van der Waals surface area contributed by atoms with Crippen molar-refractivity contribution in [1.82, 2.24) is 0 Å². The summed E-state index contributed by atoms with van der Waals surface area (Å²) in [4.78, 5) is 0. The van der Waals surface area contributed by atoms with Crippen molar-refractivity contribution in [3.63, 3.8) is 0 Å². The van der Waals surface area contributed by atoms with E-state index in [0.717, 1.165) is 16.9 Å². The number of halogens is 1. The van der Waals surface area contributed by atoms with Crippen molar-refractivity contribution in [3.05, 3.63) is 34.4 Å². The Balaban J connectivity index is 2.44. The van der Waals surface area contributed by atoms with Crippen LogP contribution in [0.25, 0.3) is 6.08 Å². The summed E-state index contributed by atoms with van der Waals surface area (Å²) in [6, 6.07) is 5.45. The molecule has 68 valence electrons. The van der Waals surface area contributed by atoms with Gasteiger partial charge in [0.1, 0.15) is 12.4 Å².